The van der Waals surface area contributed by atoms with Crippen LogP contribution in [0.15, 0.2) is 54.5 Å². The van der Waals surface area contributed by atoms with Crippen molar-refractivity contribution >= 4 is 29.5 Å². The molecule has 2 atom stereocenters. The van der Waals surface area contributed by atoms with Gasteiger partial charge in [0.15, 0.2) is 0 Å². The lowest BCUT2D eigenvalue weighted by atomic mass is 9.93. The zero-order valence-electron chi connectivity index (χ0n) is 19.7. The zero-order chi connectivity index (χ0) is 23.3. The van der Waals surface area contributed by atoms with Crippen LogP contribution in [-0.2, 0) is 0 Å². The highest BCUT2D eigenvalue weighted by Gasteiger charge is 2.32. The summed E-state index contributed by atoms with van der Waals surface area (Å²) in [4.78, 5) is 6.81. The molecule has 0 aliphatic carbocycles. The third-order valence-corrected chi connectivity index (χ3v) is 5.96. The summed E-state index contributed by atoms with van der Waals surface area (Å²) in [5.74, 6) is 0. The summed E-state index contributed by atoms with van der Waals surface area (Å²) in [5.41, 5.74) is 5.65. The third kappa shape index (κ3) is 5.39. The van der Waals surface area contributed by atoms with Crippen molar-refractivity contribution < 1.29 is 4.39 Å². The van der Waals surface area contributed by atoms with Crippen molar-refractivity contribution in [1.82, 2.24) is 10.2 Å². The number of nitrogens with one attached hydrogen (secondary N) is 2. The van der Waals surface area contributed by atoms with Gasteiger partial charge in [0.25, 0.3) is 0 Å². The molecule has 0 aromatic heterocycles. The van der Waals surface area contributed by atoms with Gasteiger partial charge in [-0.1, -0.05) is 43.5 Å². The molecule has 170 valence electrons. The number of anilines is 1. The van der Waals surface area contributed by atoms with Crippen LogP contribution in [0.25, 0.3) is 11.8 Å². The maximum Gasteiger partial charge on any atom is 0.125 e. The molecule has 32 heavy (non-hydrogen) atoms. The largest absolute Gasteiger partial charge is 0.379 e. The van der Waals surface area contributed by atoms with Crippen LogP contribution < -0.4 is 10.6 Å². The number of aliphatic imine (C=N–C) groups is 1. The Kier molecular flexibility index (Phi) is 7.39. The number of para-hydroxylation sites is 1. The molecule has 2 aromatic carbocycles. The molecule has 5 heteroatoms. The SMILES string of the molecule is C=Cc1ccccc1N[C@@H](C)c1cc(C)cc(C(=C)N2CCCC(C)(F)C2)c1/N=C\NC. The summed E-state index contributed by atoms with van der Waals surface area (Å²) < 4.78 is 14.8. The molecule has 0 radical (unpaired) electrons. The number of piperidine rings is 1. The number of alkyl halides is 1. The maximum absolute atomic E-state index is 14.8. The second kappa shape index (κ2) is 10.0. The lowest BCUT2D eigenvalue weighted by Gasteiger charge is -2.38. The van der Waals surface area contributed by atoms with Gasteiger partial charge in [-0.15, -0.1) is 0 Å². The highest BCUT2D eigenvalue weighted by Crippen LogP contribution is 2.39. The van der Waals surface area contributed by atoms with E-state index in [-0.39, 0.29) is 6.04 Å². The predicted molar refractivity (Wildman–Crippen MR) is 136 cm³/mol. The number of hydrogen-bond acceptors (Lipinski definition) is 3. The van der Waals surface area contributed by atoms with Crippen LogP contribution in [0.3, 0.4) is 0 Å². The summed E-state index contributed by atoms with van der Waals surface area (Å²) in [6, 6.07) is 12.3. The number of halogens is 1. The van der Waals surface area contributed by atoms with Crippen molar-refractivity contribution in [3.63, 3.8) is 0 Å². The fourth-order valence-electron chi connectivity index (χ4n) is 4.34. The molecule has 0 spiro atoms. The average molecular weight is 435 g/mol. The van der Waals surface area contributed by atoms with Gasteiger partial charge in [0, 0.05) is 36.1 Å². The molecule has 1 saturated heterocycles. The Hall–Kier alpha value is -3.08. The molecule has 0 saturated carbocycles. The van der Waals surface area contributed by atoms with E-state index in [2.05, 4.69) is 60.7 Å². The summed E-state index contributed by atoms with van der Waals surface area (Å²) in [6.07, 6.45) is 4.94. The molecule has 1 heterocycles. The van der Waals surface area contributed by atoms with E-state index in [1.165, 1.54) is 0 Å². The Morgan fingerprint density at radius 3 is 2.75 bits per heavy atom. The summed E-state index contributed by atoms with van der Waals surface area (Å²) in [5, 5.41) is 6.61. The van der Waals surface area contributed by atoms with Gasteiger partial charge in [0.1, 0.15) is 5.67 Å². The van der Waals surface area contributed by atoms with Crippen molar-refractivity contribution in [1.29, 1.82) is 0 Å². The van der Waals surface area contributed by atoms with E-state index >= 15 is 0 Å². The van der Waals surface area contributed by atoms with Crippen molar-refractivity contribution in [2.45, 2.75) is 45.3 Å². The lowest BCUT2D eigenvalue weighted by Crippen LogP contribution is -2.42. The number of aryl methyl sites for hydroxylation is 1. The Labute approximate surface area is 191 Å². The molecule has 0 bridgehead atoms. The molecule has 1 fully saturated rings. The highest BCUT2D eigenvalue weighted by molar-refractivity contribution is 5.79. The monoisotopic (exact) mass is 434 g/mol. The standard InChI is InChI=1S/C27H35FN4/c1-7-22-11-8-9-12-25(22)31-20(3)23-15-19(2)16-24(26(23)30-18-29-6)21(4)32-14-10-13-27(5,28)17-32/h7-9,11-12,15-16,18,20,31H,1,4,10,13-14,17H2,2-3,5-6H3,(H,29,30)/t20-,27?/m0/s1. The highest BCUT2D eigenvalue weighted by atomic mass is 19.1. The second-order valence-electron chi connectivity index (χ2n) is 8.84. The van der Waals surface area contributed by atoms with Crippen LogP contribution in [0.4, 0.5) is 15.8 Å². The molecule has 1 unspecified atom stereocenters. The Morgan fingerprint density at radius 2 is 2.06 bits per heavy atom. The number of benzene rings is 2. The number of rotatable bonds is 8. The lowest BCUT2D eigenvalue weighted by molar-refractivity contribution is 0.0922. The summed E-state index contributed by atoms with van der Waals surface area (Å²) >= 11 is 0. The Bertz CT molecular complexity index is 1010. The molecule has 2 N–H and O–H groups in total. The van der Waals surface area contributed by atoms with Crippen molar-refractivity contribution in [2.24, 2.45) is 4.99 Å². The van der Waals surface area contributed by atoms with Gasteiger partial charge in [-0.3, -0.25) is 0 Å². The minimum atomic E-state index is -1.20. The Balaban J connectivity index is 2.02. The number of hydrogen-bond donors (Lipinski definition) is 2. The maximum atomic E-state index is 14.8. The van der Waals surface area contributed by atoms with Crippen molar-refractivity contribution in [3.8, 4) is 0 Å². The minimum absolute atomic E-state index is 0.0145. The summed E-state index contributed by atoms with van der Waals surface area (Å²) in [6.45, 7) is 15.3. The van der Waals surface area contributed by atoms with E-state index in [4.69, 9.17) is 4.99 Å². The summed E-state index contributed by atoms with van der Waals surface area (Å²) in [7, 11) is 1.83. The fourth-order valence-corrected chi connectivity index (χ4v) is 4.34. The van der Waals surface area contributed by atoms with E-state index in [0.29, 0.717) is 13.0 Å². The zero-order valence-corrected chi connectivity index (χ0v) is 19.7. The smallest absolute Gasteiger partial charge is 0.125 e. The number of likely N-dealkylation sites (tertiary alicyclic amines) is 1. The average Bonchev–Trinajstić information content (AvgIpc) is 2.76. The predicted octanol–water partition coefficient (Wildman–Crippen LogP) is 6.49. The van der Waals surface area contributed by atoms with Gasteiger partial charge in [-0.2, -0.15) is 0 Å². The van der Waals surface area contributed by atoms with Crippen LogP contribution in [0, 0.1) is 6.92 Å². The quantitative estimate of drug-likeness (QED) is 0.369. The Morgan fingerprint density at radius 1 is 1.31 bits per heavy atom. The number of nitrogens with zero attached hydrogens (tertiary/aromatic N) is 2. The van der Waals surface area contributed by atoms with Gasteiger partial charge < -0.3 is 15.5 Å². The van der Waals surface area contributed by atoms with E-state index in [1.807, 2.05) is 31.3 Å². The van der Waals surface area contributed by atoms with Gasteiger partial charge in [-0.05, 0) is 56.9 Å². The molecule has 0 amide bonds. The van der Waals surface area contributed by atoms with Gasteiger partial charge in [0.05, 0.1) is 24.6 Å². The molecule has 1 aliphatic rings. The van der Waals surface area contributed by atoms with Crippen molar-refractivity contribution in [2.75, 3.05) is 25.5 Å². The molecule has 1 aliphatic heterocycles. The van der Waals surface area contributed by atoms with Gasteiger partial charge in [-0.25, -0.2) is 9.38 Å². The minimum Gasteiger partial charge on any atom is -0.379 e. The molecule has 4 nitrogen and oxygen atoms in total. The topological polar surface area (TPSA) is 39.7 Å². The van der Waals surface area contributed by atoms with Crippen LogP contribution in [0.5, 0.6) is 0 Å². The fraction of sp³-hybridized carbons (Fsp3) is 0.370. The third-order valence-electron chi connectivity index (χ3n) is 5.96. The molecular weight excluding hydrogens is 399 g/mol. The van der Waals surface area contributed by atoms with Crippen LogP contribution in [0.2, 0.25) is 0 Å². The van der Waals surface area contributed by atoms with Gasteiger partial charge >= 0.3 is 0 Å². The van der Waals surface area contributed by atoms with E-state index in [0.717, 1.165) is 52.3 Å². The molecule has 3 rings (SSSR count). The van der Waals surface area contributed by atoms with Gasteiger partial charge in [0.2, 0.25) is 0 Å². The van der Waals surface area contributed by atoms with Crippen molar-refractivity contribution in [3.05, 3.63) is 71.8 Å². The van der Waals surface area contributed by atoms with E-state index in [1.54, 1.807) is 13.3 Å². The molecular formula is C27H35FN4. The first-order valence-electron chi connectivity index (χ1n) is 11.2. The van der Waals surface area contributed by atoms with Crippen LogP contribution >= 0.6 is 0 Å². The normalized spacial score (nSPS) is 19.6. The van der Waals surface area contributed by atoms with E-state index in [9.17, 15) is 4.39 Å². The second-order valence-corrected chi connectivity index (χ2v) is 8.84. The van der Waals surface area contributed by atoms with Crippen LogP contribution in [-0.4, -0.2) is 37.0 Å². The first-order chi connectivity index (χ1) is 15.3. The first kappa shape index (κ1) is 23.6. The van der Waals surface area contributed by atoms with E-state index < -0.39 is 5.67 Å². The van der Waals surface area contributed by atoms with Crippen LogP contribution in [0.1, 0.15) is 55.0 Å². The molecule has 2 aromatic rings. The first-order valence-corrected chi connectivity index (χ1v) is 11.2.